The quantitative estimate of drug-likeness (QED) is 0.895. The van der Waals surface area contributed by atoms with Gasteiger partial charge >= 0.3 is 0 Å². The van der Waals surface area contributed by atoms with Crippen molar-refractivity contribution in [2.75, 3.05) is 5.32 Å². The monoisotopic (exact) mass is 243 g/mol. The number of hydrogen-bond donors (Lipinski definition) is 1. The van der Waals surface area contributed by atoms with Gasteiger partial charge in [-0.2, -0.15) is 0 Å². The lowest BCUT2D eigenvalue weighted by molar-refractivity contribution is -0.115. The Morgan fingerprint density at radius 3 is 2.83 bits per heavy atom. The number of hydrogen-bond acceptors (Lipinski definition) is 2. The molecule has 0 aliphatic carbocycles. The third-order valence-corrected chi connectivity index (χ3v) is 2.96. The van der Waals surface area contributed by atoms with Gasteiger partial charge in [0.15, 0.2) is 0 Å². The van der Waals surface area contributed by atoms with Crippen molar-refractivity contribution >= 4 is 11.6 Å². The van der Waals surface area contributed by atoms with Crippen LogP contribution in [0.5, 0.6) is 0 Å². The van der Waals surface area contributed by atoms with Gasteiger partial charge < -0.3 is 9.73 Å². The Kier molecular flexibility index (Phi) is 3.82. The molecule has 94 valence electrons. The summed E-state index contributed by atoms with van der Waals surface area (Å²) in [6.45, 7) is 4.19. The lowest BCUT2D eigenvalue weighted by Crippen LogP contribution is -2.14. The fourth-order valence-corrected chi connectivity index (χ4v) is 1.91. The maximum atomic E-state index is 11.8. The number of anilines is 1. The van der Waals surface area contributed by atoms with E-state index >= 15 is 0 Å². The molecular formula is C15H17NO2. The topological polar surface area (TPSA) is 42.2 Å². The normalized spacial score (nSPS) is 10.3. The molecule has 0 bridgehead atoms. The van der Waals surface area contributed by atoms with Crippen LogP contribution in [0.4, 0.5) is 5.69 Å². The lowest BCUT2D eigenvalue weighted by Gasteiger charge is -2.08. The van der Waals surface area contributed by atoms with Crippen molar-refractivity contribution in [1.82, 2.24) is 0 Å². The largest absolute Gasteiger partial charge is 0.472 e. The molecule has 1 N–H and O–H groups in total. The van der Waals surface area contributed by atoms with Crippen LogP contribution in [0.2, 0.25) is 0 Å². The third kappa shape index (κ3) is 3.00. The van der Waals surface area contributed by atoms with Crippen molar-refractivity contribution < 1.29 is 9.21 Å². The minimum atomic E-state index is -0.0256. The second-order valence-electron chi connectivity index (χ2n) is 4.35. The average Bonchev–Trinajstić information content (AvgIpc) is 2.84. The van der Waals surface area contributed by atoms with Gasteiger partial charge in [-0.25, -0.2) is 0 Å². The number of amides is 1. The van der Waals surface area contributed by atoms with Crippen molar-refractivity contribution in [2.45, 2.75) is 26.7 Å². The van der Waals surface area contributed by atoms with Gasteiger partial charge in [-0.3, -0.25) is 4.79 Å². The van der Waals surface area contributed by atoms with Gasteiger partial charge in [0.05, 0.1) is 18.9 Å². The summed E-state index contributed by atoms with van der Waals surface area (Å²) in [5.41, 5.74) is 4.25. The Morgan fingerprint density at radius 1 is 1.33 bits per heavy atom. The summed E-state index contributed by atoms with van der Waals surface area (Å²) in [7, 11) is 0. The summed E-state index contributed by atoms with van der Waals surface area (Å²) >= 11 is 0. The van der Waals surface area contributed by atoms with E-state index in [9.17, 15) is 4.79 Å². The second-order valence-corrected chi connectivity index (χ2v) is 4.35. The fraction of sp³-hybridized carbons (Fsp3) is 0.267. The van der Waals surface area contributed by atoms with Crippen LogP contribution in [0.1, 0.15) is 23.6 Å². The number of furan rings is 1. The Morgan fingerprint density at radius 2 is 2.17 bits per heavy atom. The van der Waals surface area contributed by atoms with Gasteiger partial charge in [0, 0.05) is 5.69 Å². The van der Waals surface area contributed by atoms with Crippen molar-refractivity contribution in [1.29, 1.82) is 0 Å². The zero-order valence-corrected chi connectivity index (χ0v) is 10.7. The van der Waals surface area contributed by atoms with Crippen molar-refractivity contribution in [2.24, 2.45) is 0 Å². The van der Waals surface area contributed by atoms with Gasteiger partial charge in [-0.1, -0.05) is 13.0 Å². The molecule has 0 saturated carbocycles. The van der Waals surface area contributed by atoms with Crippen LogP contribution in [0, 0.1) is 6.92 Å². The standard InChI is InChI=1S/C15H17NO2/c1-3-13-9-14(5-4-11(13)2)16-15(17)8-12-6-7-18-10-12/h4-7,9-10H,3,8H2,1-2H3,(H,16,17). The summed E-state index contributed by atoms with van der Waals surface area (Å²) in [6.07, 6.45) is 4.47. The summed E-state index contributed by atoms with van der Waals surface area (Å²) < 4.78 is 4.94. The molecule has 18 heavy (non-hydrogen) atoms. The van der Waals surface area contributed by atoms with Gasteiger partial charge in [0.2, 0.25) is 5.91 Å². The summed E-state index contributed by atoms with van der Waals surface area (Å²) in [5, 5.41) is 2.90. The van der Waals surface area contributed by atoms with Crippen LogP contribution in [-0.4, -0.2) is 5.91 Å². The zero-order chi connectivity index (χ0) is 13.0. The molecule has 2 aromatic rings. The van der Waals surface area contributed by atoms with Crippen molar-refractivity contribution in [3.8, 4) is 0 Å². The molecule has 0 aliphatic heterocycles. The maximum absolute atomic E-state index is 11.8. The number of nitrogens with one attached hydrogen (secondary N) is 1. The Bertz CT molecular complexity index is 529. The molecule has 0 saturated heterocycles. The number of aryl methyl sites for hydroxylation is 2. The van der Waals surface area contributed by atoms with E-state index in [2.05, 4.69) is 19.2 Å². The van der Waals surface area contributed by atoms with E-state index in [1.165, 1.54) is 11.1 Å². The zero-order valence-electron chi connectivity index (χ0n) is 10.7. The van der Waals surface area contributed by atoms with Crippen LogP contribution in [-0.2, 0) is 17.6 Å². The van der Waals surface area contributed by atoms with Gasteiger partial charge in [-0.15, -0.1) is 0 Å². The van der Waals surface area contributed by atoms with E-state index in [0.717, 1.165) is 17.7 Å². The molecule has 1 aromatic carbocycles. The highest BCUT2D eigenvalue weighted by atomic mass is 16.3. The molecular weight excluding hydrogens is 226 g/mol. The first-order chi connectivity index (χ1) is 8.69. The smallest absolute Gasteiger partial charge is 0.228 e. The third-order valence-electron chi connectivity index (χ3n) is 2.96. The van der Waals surface area contributed by atoms with Gasteiger partial charge in [0.25, 0.3) is 0 Å². The van der Waals surface area contributed by atoms with E-state index in [4.69, 9.17) is 4.42 Å². The molecule has 0 radical (unpaired) electrons. The molecule has 0 spiro atoms. The fourth-order valence-electron chi connectivity index (χ4n) is 1.91. The van der Waals surface area contributed by atoms with Gasteiger partial charge in [0.1, 0.15) is 0 Å². The van der Waals surface area contributed by atoms with Gasteiger partial charge in [-0.05, 0) is 48.2 Å². The van der Waals surface area contributed by atoms with Crippen LogP contribution in [0.3, 0.4) is 0 Å². The van der Waals surface area contributed by atoms with Crippen LogP contribution >= 0.6 is 0 Å². The highest BCUT2D eigenvalue weighted by Gasteiger charge is 2.06. The average molecular weight is 243 g/mol. The summed E-state index contributed by atoms with van der Waals surface area (Å²) in [4.78, 5) is 11.8. The Hall–Kier alpha value is -2.03. The highest BCUT2D eigenvalue weighted by molar-refractivity contribution is 5.92. The Balaban J connectivity index is 2.03. The first kappa shape index (κ1) is 12.4. The summed E-state index contributed by atoms with van der Waals surface area (Å²) in [6, 6.07) is 7.79. The molecule has 1 amide bonds. The molecule has 3 nitrogen and oxygen atoms in total. The number of rotatable bonds is 4. The first-order valence-electron chi connectivity index (χ1n) is 6.09. The van der Waals surface area contributed by atoms with E-state index in [1.807, 2.05) is 18.2 Å². The lowest BCUT2D eigenvalue weighted by atomic mass is 10.1. The molecule has 2 rings (SSSR count). The minimum absolute atomic E-state index is 0.0256. The van der Waals surface area contributed by atoms with E-state index in [1.54, 1.807) is 18.6 Å². The number of benzene rings is 1. The molecule has 1 heterocycles. The maximum Gasteiger partial charge on any atom is 0.228 e. The molecule has 3 heteroatoms. The van der Waals surface area contributed by atoms with Crippen molar-refractivity contribution in [3.05, 3.63) is 53.5 Å². The SMILES string of the molecule is CCc1cc(NC(=O)Cc2ccoc2)ccc1C. The van der Waals surface area contributed by atoms with E-state index < -0.39 is 0 Å². The second kappa shape index (κ2) is 5.54. The Labute approximate surface area is 107 Å². The number of carbonyl (C=O) groups is 1. The van der Waals surface area contributed by atoms with Crippen LogP contribution in [0.15, 0.2) is 41.2 Å². The molecule has 0 fully saturated rings. The predicted molar refractivity (Wildman–Crippen MR) is 71.6 cm³/mol. The summed E-state index contributed by atoms with van der Waals surface area (Å²) in [5.74, 6) is -0.0256. The first-order valence-corrected chi connectivity index (χ1v) is 6.09. The molecule has 0 aliphatic rings. The van der Waals surface area contributed by atoms with Crippen LogP contribution in [0.25, 0.3) is 0 Å². The van der Waals surface area contributed by atoms with Crippen molar-refractivity contribution in [3.63, 3.8) is 0 Å². The van der Waals surface area contributed by atoms with Crippen LogP contribution < -0.4 is 5.32 Å². The molecule has 0 atom stereocenters. The predicted octanol–water partition coefficient (Wildman–Crippen LogP) is 3.33. The molecule has 0 unspecified atom stereocenters. The molecule has 1 aromatic heterocycles. The minimum Gasteiger partial charge on any atom is -0.472 e. The van der Waals surface area contributed by atoms with E-state index in [-0.39, 0.29) is 5.91 Å². The van der Waals surface area contributed by atoms with E-state index in [0.29, 0.717) is 6.42 Å². The number of carbonyl (C=O) groups excluding carboxylic acids is 1. The highest BCUT2D eigenvalue weighted by Crippen LogP contribution is 2.16.